The van der Waals surface area contributed by atoms with E-state index in [0.717, 1.165) is 10.6 Å². The number of benzene rings is 1. The van der Waals surface area contributed by atoms with Crippen LogP contribution in [0.3, 0.4) is 0 Å². The largest absolute Gasteiger partial charge is 0.462 e. The molecule has 0 bridgehead atoms. The Morgan fingerprint density at radius 3 is 2.83 bits per heavy atom. The second kappa shape index (κ2) is 6.84. The van der Waals surface area contributed by atoms with E-state index < -0.39 is 15.8 Å². The van der Waals surface area contributed by atoms with Crippen LogP contribution in [0.2, 0.25) is 0 Å². The van der Waals surface area contributed by atoms with Gasteiger partial charge in [0.2, 0.25) is 10.0 Å². The first kappa shape index (κ1) is 16.8. The van der Waals surface area contributed by atoms with Crippen LogP contribution in [0.15, 0.2) is 47.1 Å². The maximum Gasteiger partial charge on any atom is 0.216 e. The molecule has 2 heterocycles. The standard InChI is InChI=1S/C16H15FN2O3S2/c1-11-15(23-16(19-11)14-6-3-7-22-14)9-18-24(20,21)10-12-4-2-5-13(17)8-12/h2-8,18H,9-10H2,1H3. The quantitative estimate of drug-likeness (QED) is 0.725. The van der Waals surface area contributed by atoms with Crippen molar-refractivity contribution in [1.29, 1.82) is 0 Å². The first-order valence-electron chi connectivity index (χ1n) is 7.15. The SMILES string of the molecule is Cc1nc(-c2ccco2)sc1CNS(=O)(=O)Cc1cccc(F)c1. The van der Waals surface area contributed by atoms with Gasteiger partial charge in [-0.15, -0.1) is 11.3 Å². The van der Waals surface area contributed by atoms with Gasteiger partial charge in [-0.1, -0.05) is 12.1 Å². The summed E-state index contributed by atoms with van der Waals surface area (Å²) in [5.41, 5.74) is 1.15. The zero-order valence-electron chi connectivity index (χ0n) is 12.8. The van der Waals surface area contributed by atoms with Crippen LogP contribution in [0.1, 0.15) is 16.1 Å². The van der Waals surface area contributed by atoms with Gasteiger partial charge in [0.15, 0.2) is 10.8 Å². The van der Waals surface area contributed by atoms with Crippen molar-refractivity contribution in [2.45, 2.75) is 19.2 Å². The van der Waals surface area contributed by atoms with E-state index in [2.05, 4.69) is 9.71 Å². The summed E-state index contributed by atoms with van der Waals surface area (Å²) in [6, 6.07) is 9.13. The third-order valence-electron chi connectivity index (χ3n) is 3.32. The van der Waals surface area contributed by atoms with Crippen LogP contribution in [-0.4, -0.2) is 13.4 Å². The van der Waals surface area contributed by atoms with Gasteiger partial charge in [0.1, 0.15) is 5.82 Å². The van der Waals surface area contributed by atoms with E-state index in [0.29, 0.717) is 16.3 Å². The molecule has 2 aromatic heterocycles. The van der Waals surface area contributed by atoms with Crippen molar-refractivity contribution in [2.75, 3.05) is 0 Å². The first-order chi connectivity index (χ1) is 11.4. The number of aromatic nitrogens is 1. The Morgan fingerprint density at radius 1 is 1.29 bits per heavy atom. The van der Waals surface area contributed by atoms with E-state index in [4.69, 9.17) is 4.42 Å². The maximum absolute atomic E-state index is 13.2. The number of nitrogens with one attached hydrogen (secondary N) is 1. The molecule has 1 aromatic carbocycles. The molecule has 0 aliphatic rings. The highest BCUT2D eigenvalue weighted by Crippen LogP contribution is 2.28. The number of hydrogen-bond donors (Lipinski definition) is 1. The molecule has 0 atom stereocenters. The minimum atomic E-state index is -3.57. The molecule has 24 heavy (non-hydrogen) atoms. The zero-order chi connectivity index (χ0) is 17.2. The molecule has 0 fully saturated rings. The van der Waals surface area contributed by atoms with Gasteiger partial charge < -0.3 is 4.42 Å². The first-order valence-corrected chi connectivity index (χ1v) is 9.62. The molecule has 0 unspecified atom stereocenters. The third kappa shape index (κ3) is 4.08. The number of sulfonamides is 1. The lowest BCUT2D eigenvalue weighted by Crippen LogP contribution is -2.24. The predicted octanol–water partition coefficient (Wildman–Crippen LogP) is 3.47. The molecule has 1 N–H and O–H groups in total. The number of hydrogen-bond acceptors (Lipinski definition) is 5. The van der Waals surface area contributed by atoms with Gasteiger partial charge in [-0.05, 0) is 36.8 Å². The normalized spacial score (nSPS) is 11.8. The zero-order valence-corrected chi connectivity index (χ0v) is 14.5. The van der Waals surface area contributed by atoms with Gasteiger partial charge in [0.25, 0.3) is 0 Å². The molecule has 0 radical (unpaired) electrons. The lowest BCUT2D eigenvalue weighted by molar-refractivity contribution is 0.580. The van der Waals surface area contributed by atoms with Crippen molar-refractivity contribution in [1.82, 2.24) is 9.71 Å². The fourth-order valence-corrected chi connectivity index (χ4v) is 4.32. The van der Waals surface area contributed by atoms with Crippen molar-refractivity contribution < 1.29 is 17.2 Å². The Bertz CT molecular complexity index is 934. The molecule has 3 rings (SSSR count). The number of furan rings is 1. The lowest BCUT2D eigenvalue weighted by atomic mass is 10.2. The fourth-order valence-electron chi connectivity index (χ4n) is 2.17. The van der Waals surface area contributed by atoms with E-state index in [1.165, 1.54) is 29.5 Å². The second-order valence-electron chi connectivity index (χ2n) is 5.22. The van der Waals surface area contributed by atoms with Crippen molar-refractivity contribution in [2.24, 2.45) is 0 Å². The summed E-state index contributed by atoms with van der Waals surface area (Å²) in [5.74, 6) is -0.0748. The summed E-state index contributed by atoms with van der Waals surface area (Å²) in [4.78, 5) is 5.20. The van der Waals surface area contributed by atoms with E-state index in [9.17, 15) is 12.8 Å². The van der Waals surface area contributed by atoms with Crippen LogP contribution in [0.5, 0.6) is 0 Å². The van der Waals surface area contributed by atoms with Crippen LogP contribution < -0.4 is 4.72 Å². The van der Waals surface area contributed by atoms with E-state index in [-0.39, 0.29) is 12.3 Å². The molecule has 5 nitrogen and oxygen atoms in total. The highest BCUT2D eigenvalue weighted by atomic mass is 32.2. The summed E-state index contributed by atoms with van der Waals surface area (Å²) in [6.07, 6.45) is 1.56. The second-order valence-corrected chi connectivity index (χ2v) is 8.11. The Kier molecular flexibility index (Phi) is 4.79. The smallest absolute Gasteiger partial charge is 0.216 e. The Morgan fingerprint density at radius 2 is 2.12 bits per heavy atom. The summed E-state index contributed by atoms with van der Waals surface area (Å²) in [6.45, 7) is 1.96. The van der Waals surface area contributed by atoms with Gasteiger partial charge in [0, 0.05) is 11.4 Å². The summed E-state index contributed by atoms with van der Waals surface area (Å²) in [5, 5.41) is 0.705. The van der Waals surface area contributed by atoms with E-state index >= 15 is 0 Å². The molecule has 8 heteroatoms. The molecule has 0 amide bonds. The van der Waals surface area contributed by atoms with Gasteiger partial charge in [-0.25, -0.2) is 22.5 Å². The molecule has 0 spiro atoms. The average molecular weight is 366 g/mol. The molecular formula is C16H15FN2O3S2. The van der Waals surface area contributed by atoms with Crippen molar-refractivity contribution in [3.8, 4) is 10.8 Å². The monoisotopic (exact) mass is 366 g/mol. The topological polar surface area (TPSA) is 72.2 Å². The van der Waals surface area contributed by atoms with Crippen LogP contribution in [-0.2, 0) is 22.3 Å². The van der Waals surface area contributed by atoms with Gasteiger partial charge in [0.05, 0.1) is 17.7 Å². The number of thiazole rings is 1. The summed E-state index contributed by atoms with van der Waals surface area (Å²) >= 11 is 1.37. The molecule has 0 saturated heterocycles. The molecular weight excluding hydrogens is 351 g/mol. The summed E-state index contributed by atoms with van der Waals surface area (Å²) in [7, 11) is -3.57. The number of aryl methyl sites for hydroxylation is 1. The minimum Gasteiger partial charge on any atom is -0.462 e. The Hall–Kier alpha value is -2.03. The predicted molar refractivity (Wildman–Crippen MR) is 90.4 cm³/mol. The molecule has 0 aliphatic carbocycles. The molecule has 126 valence electrons. The minimum absolute atomic E-state index is 0.141. The van der Waals surface area contributed by atoms with Crippen LogP contribution in [0.25, 0.3) is 10.8 Å². The fraction of sp³-hybridized carbons (Fsp3) is 0.188. The highest BCUT2D eigenvalue weighted by Gasteiger charge is 2.16. The van der Waals surface area contributed by atoms with Crippen molar-refractivity contribution in [3.05, 3.63) is 64.6 Å². The lowest BCUT2D eigenvalue weighted by Gasteiger charge is -2.06. The van der Waals surface area contributed by atoms with E-state index in [1.54, 1.807) is 24.5 Å². The van der Waals surface area contributed by atoms with Crippen molar-refractivity contribution in [3.63, 3.8) is 0 Å². The average Bonchev–Trinajstić information content (AvgIpc) is 3.14. The van der Waals surface area contributed by atoms with Gasteiger partial charge in [-0.2, -0.15) is 0 Å². The van der Waals surface area contributed by atoms with Crippen LogP contribution in [0, 0.1) is 12.7 Å². The van der Waals surface area contributed by atoms with Gasteiger partial charge >= 0.3 is 0 Å². The van der Waals surface area contributed by atoms with E-state index in [1.807, 2.05) is 6.92 Å². The van der Waals surface area contributed by atoms with Crippen LogP contribution >= 0.6 is 11.3 Å². The Labute approximate surface area is 143 Å². The Balaban J connectivity index is 1.69. The maximum atomic E-state index is 13.2. The number of nitrogens with zero attached hydrogens (tertiary/aromatic N) is 1. The van der Waals surface area contributed by atoms with Gasteiger partial charge in [-0.3, -0.25) is 0 Å². The molecule has 0 saturated carbocycles. The number of rotatable bonds is 6. The van der Waals surface area contributed by atoms with Crippen molar-refractivity contribution >= 4 is 21.4 Å². The molecule has 0 aliphatic heterocycles. The summed E-state index contributed by atoms with van der Waals surface area (Å²) < 4.78 is 45.3. The third-order valence-corrected chi connectivity index (χ3v) is 5.79. The highest BCUT2D eigenvalue weighted by molar-refractivity contribution is 7.88. The molecule has 3 aromatic rings. The van der Waals surface area contributed by atoms with Crippen LogP contribution in [0.4, 0.5) is 4.39 Å². The number of halogens is 1.